The Hall–Kier alpha value is -2.83. The second kappa shape index (κ2) is 7.83. The van der Waals surface area contributed by atoms with Crippen LogP contribution < -0.4 is 15.7 Å². The molecule has 0 radical (unpaired) electrons. The van der Waals surface area contributed by atoms with Crippen LogP contribution in [-0.4, -0.2) is 29.1 Å². The summed E-state index contributed by atoms with van der Waals surface area (Å²) in [4.78, 5) is 34.7. The topological polar surface area (TPSA) is 106 Å². The number of benzene rings is 1. The van der Waals surface area contributed by atoms with E-state index >= 15 is 0 Å². The van der Waals surface area contributed by atoms with Crippen LogP contribution in [0.15, 0.2) is 33.5 Å². The van der Waals surface area contributed by atoms with Crippen molar-refractivity contribution in [3.05, 3.63) is 40.2 Å². The molecule has 2 rings (SSSR count). The zero-order chi connectivity index (χ0) is 18.6. The molecule has 1 aromatic heterocycles. The standard InChI is InChI=1S/C18H21NO6/c1-4-5-14(18(22)23)19-17(21)11(3)24-12-6-7-13-10(2)8-16(20)25-15(13)9-12/h6-9,11,14H,4-5H2,1-3H3,(H,19,21)(H,22,23)/t11-,14+/m0/s1. The van der Waals surface area contributed by atoms with E-state index in [9.17, 15) is 14.4 Å². The van der Waals surface area contributed by atoms with Gasteiger partial charge in [-0.2, -0.15) is 0 Å². The van der Waals surface area contributed by atoms with E-state index in [-0.39, 0.29) is 0 Å². The number of aryl methyl sites for hydroxylation is 1. The third-order valence-corrected chi connectivity index (χ3v) is 3.80. The van der Waals surface area contributed by atoms with Crippen molar-refractivity contribution in [1.29, 1.82) is 0 Å². The Labute approximate surface area is 144 Å². The van der Waals surface area contributed by atoms with Crippen LogP contribution >= 0.6 is 0 Å². The lowest BCUT2D eigenvalue weighted by Crippen LogP contribution is -2.46. The highest BCUT2D eigenvalue weighted by molar-refractivity contribution is 5.86. The summed E-state index contributed by atoms with van der Waals surface area (Å²) in [5, 5.41) is 12.3. The van der Waals surface area contributed by atoms with E-state index in [0.29, 0.717) is 24.2 Å². The molecule has 7 heteroatoms. The van der Waals surface area contributed by atoms with Crippen molar-refractivity contribution in [3.8, 4) is 5.75 Å². The zero-order valence-corrected chi connectivity index (χ0v) is 14.4. The highest BCUT2D eigenvalue weighted by Gasteiger charge is 2.23. The first-order chi connectivity index (χ1) is 11.8. The van der Waals surface area contributed by atoms with Gasteiger partial charge in [-0.3, -0.25) is 4.79 Å². The monoisotopic (exact) mass is 347 g/mol. The lowest BCUT2D eigenvalue weighted by atomic mass is 10.1. The van der Waals surface area contributed by atoms with Gasteiger partial charge in [0.05, 0.1) is 0 Å². The third kappa shape index (κ3) is 4.59. The number of carboxylic acid groups (broad SMARTS) is 1. The number of nitrogens with one attached hydrogen (secondary N) is 1. The molecule has 0 fully saturated rings. The minimum atomic E-state index is -1.08. The molecule has 0 saturated heterocycles. The van der Waals surface area contributed by atoms with Crippen molar-refractivity contribution in [2.45, 2.75) is 45.8 Å². The van der Waals surface area contributed by atoms with Crippen molar-refractivity contribution in [2.24, 2.45) is 0 Å². The normalized spacial score (nSPS) is 13.2. The fraction of sp³-hybridized carbons (Fsp3) is 0.389. The smallest absolute Gasteiger partial charge is 0.336 e. The molecule has 0 saturated carbocycles. The van der Waals surface area contributed by atoms with Crippen LogP contribution in [0.1, 0.15) is 32.3 Å². The number of hydrogen-bond donors (Lipinski definition) is 2. The fourth-order valence-electron chi connectivity index (χ4n) is 2.47. The van der Waals surface area contributed by atoms with Crippen molar-refractivity contribution in [3.63, 3.8) is 0 Å². The number of fused-ring (bicyclic) bond motifs is 1. The summed E-state index contributed by atoms with van der Waals surface area (Å²) in [6, 6.07) is 5.40. The maximum atomic E-state index is 12.1. The van der Waals surface area contributed by atoms with Crippen LogP contribution in [0, 0.1) is 6.92 Å². The Morgan fingerprint density at radius 3 is 2.68 bits per heavy atom. The number of carboxylic acids is 1. The van der Waals surface area contributed by atoms with Gasteiger partial charge in [-0.25, -0.2) is 9.59 Å². The molecule has 7 nitrogen and oxygen atoms in total. The first-order valence-corrected chi connectivity index (χ1v) is 8.06. The second-order valence-electron chi connectivity index (χ2n) is 5.85. The van der Waals surface area contributed by atoms with Gasteiger partial charge in [0, 0.05) is 17.5 Å². The molecule has 2 atom stereocenters. The maximum absolute atomic E-state index is 12.1. The van der Waals surface area contributed by atoms with Gasteiger partial charge in [-0.15, -0.1) is 0 Å². The minimum absolute atomic E-state index is 0.341. The Bertz CT molecular complexity index is 841. The van der Waals surface area contributed by atoms with Gasteiger partial charge in [-0.05, 0) is 38.0 Å². The van der Waals surface area contributed by atoms with Gasteiger partial charge in [-0.1, -0.05) is 13.3 Å². The number of amides is 1. The molecule has 134 valence electrons. The molecule has 0 aliphatic rings. The Morgan fingerprint density at radius 2 is 2.04 bits per heavy atom. The van der Waals surface area contributed by atoms with Crippen LogP contribution in [-0.2, 0) is 9.59 Å². The second-order valence-corrected chi connectivity index (χ2v) is 5.85. The van der Waals surface area contributed by atoms with Crippen molar-refractivity contribution in [2.75, 3.05) is 0 Å². The minimum Gasteiger partial charge on any atom is -0.481 e. The summed E-state index contributed by atoms with van der Waals surface area (Å²) in [7, 11) is 0. The maximum Gasteiger partial charge on any atom is 0.336 e. The predicted molar refractivity (Wildman–Crippen MR) is 91.8 cm³/mol. The number of ether oxygens (including phenoxy) is 1. The van der Waals surface area contributed by atoms with E-state index in [0.717, 1.165) is 10.9 Å². The Kier molecular flexibility index (Phi) is 5.80. The quantitative estimate of drug-likeness (QED) is 0.744. The highest BCUT2D eigenvalue weighted by Crippen LogP contribution is 2.23. The summed E-state index contributed by atoms with van der Waals surface area (Å²) < 4.78 is 10.7. The highest BCUT2D eigenvalue weighted by atomic mass is 16.5. The van der Waals surface area contributed by atoms with Crippen LogP contribution in [0.25, 0.3) is 11.0 Å². The van der Waals surface area contributed by atoms with Gasteiger partial charge in [0.2, 0.25) is 0 Å². The molecule has 25 heavy (non-hydrogen) atoms. The van der Waals surface area contributed by atoms with Crippen LogP contribution in [0.4, 0.5) is 0 Å². The average Bonchev–Trinajstić information content (AvgIpc) is 2.53. The molecule has 0 aliphatic carbocycles. The average molecular weight is 347 g/mol. The predicted octanol–water partition coefficient (Wildman–Crippen LogP) is 2.24. The summed E-state index contributed by atoms with van der Waals surface area (Å²) in [5.74, 6) is -1.25. The van der Waals surface area contributed by atoms with Crippen molar-refractivity contribution >= 4 is 22.8 Å². The SMILES string of the molecule is CCC[C@@H](NC(=O)[C@H](C)Oc1ccc2c(C)cc(=O)oc2c1)C(=O)O. The number of carbonyl (C=O) groups is 2. The van der Waals surface area contributed by atoms with E-state index in [1.54, 1.807) is 19.1 Å². The molecule has 0 aliphatic heterocycles. The van der Waals surface area contributed by atoms with Crippen LogP contribution in [0.2, 0.25) is 0 Å². The van der Waals surface area contributed by atoms with Crippen molar-refractivity contribution in [1.82, 2.24) is 5.32 Å². The summed E-state index contributed by atoms with van der Waals surface area (Å²) in [6.07, 6.45) is 0.0803. The van der Waals surface area contributed by atoms with Gasteiger partial charge in [0.1, 0.15) is 17.4 Å². The molecule has 1 amide bonds. The summed E-state index contributed by atoms with van der Waals surface area (Å²) >= 11 is 0. The molecule has 1 aromatic carbocycles. The molecule has 0 bridgehead atoms. The third-order valence-electron chi connectivity index (χ3n) is 3.80. The number of rotatable bonds is 7. The zero-order valence-electron chi connectivity index (χ0n) is 14.4. The van der Waals surface area contributed by atoms with Gasteiger partial charge in [0.25, 0.3) is 5.91 Å². The van der Waals surface area contributed by atoms with E-state index < -0.39 is 29.6 Å². The molecule has 0 spiro atoms. The van der Waals surface area contributed by atoms with Gasteiger partial charge in [0.15, 0.2) is 6.10 Å². The molecule has 0 unspecified atom stereocenters. The fourth-order valence-corrected chi connectivity index (χ4v) is 2.47. The first-order valence-electron chi connectivity index (χ1n) is 8.06. The number of carbonyl (C=O) groups excluding carboxylic acids is 1. The van der Waals surface area contributed by atoms with E-state index in [1.165, 1.54) is 19.1 Å². The van der Waals surface area contributed by atoms with Crippen LogP contribution in [0.5, 0.6) is 5.75 Å². The van der Waals surface area contributed by atoms with Crippen molar-refractivity contribution < 1.29 is 23.8 Å². The van der Waals surface area contributed by atoms with E-state index in [1.807, 2.05) is 6.92 Å². The Balaban J connectivity index is 2.13. The van der Waals surface area contributed by atoms with Crippen LogP contribution in [0.3, 0.4) is 0 Å². The summed E-state index contributed by atoms with van der Waals surface area (Å²) in [5.41, 5.74) is 0.689. The lowest BCUT2D eigenvalue weighted by Gasteiger charge is -2.18. The molecule has 2 aromatic rings. The Morgan fingerprint density at radius 1 is 1.32 bits per heavy atom. The number of aliphatic carboxylic acids is 1. The summed E-state index contributed by atoms with van der Waals surface area (Å²) in [6.45, 7) is 5.17. The van der Waals surface area contributed by atoms with E-state index in [2.05, 4.69) is 5.32 Å². The largest absolute Gasteiger partial charge is 0.481 e. The number of hydrogen-bond acceptors (Lipinski definition) is 5. The molecule has 1 heterocycles. The van der Waals surface area contributed by atoms with Gasteiger partial charge < -0.3 is 19.6 Å². The molecular weight excluding hydrogens is 326 g/mol. The lowest BCUT2D eigenvalue weighted by molar-refractivity contribution is -0.143. The first kappa shape index (κ1) is 18.5. The van der Waals surface area contributed by atoms with E-state index in [4.69, 9.17) is 14.3 Å². The molecular formula is C18H21NO6. The van der Waals surface area contributed by atoms with Gasteiger partial charge >= 0.3 is 11.6 Å². The molecule has 2 N–H and O–H groups in total.